The van der Waals surface area contributed by atoms with Crippen LogP contribution in [0.2, 0.25) is 0 Å². The molecule has 4 aromatic heterocycles. The molecule has 0 spiro atoms. The van der Waals surface area contributed by atoms with E-state index in [0.29, 0.717) is 46.4 Å². The van der Waals surface area contributed by atoms with Crippen molar-refractivity contribution in [3.63, 3.8) is 0 Å². The first-order valence-corrected chi connectivity index (χ1v) is 12.9. The fourth-order valence-electron chi connectivity index (χ4n) is 4.86. The molecule has 0 amide bonds. The number of ether oxygens (including phenoxy) is 2. The molecule has 7 aromatic rings. The van der Waals surface area contributed by atoms with Crippen molar-refractivity contribution in [3.05, 3.63) is 109 Å². The van der Waals surface area contributed by atoms with Crippen LogP contribution in [0, 0.1) is 5.82 Å². The third-order valence-electron chi connectivity index (χ3n) is 6.88. The van der Waals surface area contributed by atoms with Gasteiger partial charge in [0, 0.05) is 35.0 Å². The van der Waals surface area contributed by atoms with Gasteiger partial charge in [-0.2, -0.15) is 5.10 Å². The number of aromatic nitrogens is 6. The molecule has 3 aromatic carbocycles. The Morgan fingerprint density at radius 1 is 0.854 bits per heavy atom. The summed E-state index contributed by atoms with van der Waals surface area (Å²) in [5, 5.41) is 8.53. The maximum atomic E-state index is 14.3. The van der Waals surface area contributed by atoms with Crippen LogP contribution >= 0.6 is 0 Å². The quantitative estimate of drug-likeness (QED) is 0.226. The molecule has 0 saturated carbocycles. The zero-order valence-corrected chi connectivity index (χ0v) is 21.9. The summed E-state index contributed by atoms with van der Waals surface area (Å²) in [6.07, 6.45) is 5.18. The number of hydrogen-bond acceptors (Lipinski definition) is 6. The average Bonchev–Trinajstić information content (AvgIpc) is 3.64. The fraction of sp³-hybridized carbons (Fsp3) is 0.0625. The molecule has 0 unspecified atom stereocenters. The lowest BCUT2D eigenvalue weighted by atomic mass is 10.0. The zero-order chi connectivity index (χ0) is 27.8. The molecule has 0 bridgehead atoms. The largest absolute Gasteiger partial charge is 0.497 e. The summed E-state index contributed by atoms with van der Waals surface area (Å²) in [5.41, 5.74) is 7.01. The van der Waals surface area contributed by atoms with E-state index < -0.39 is 5.82 Å². The molecule has 0 aliphatic rings. The summed E-state index contributed by atoms with van der Waals surface area (Å²) in [7, 11) is 1.51. The Morgan fingerprint density at radius 2 is 1.73 bits per heavy atom. The third kappa shape index (κ3) is 4.74. The predicted octanol–water partition coefficient (Wildman–Crippen LogP) is 6.96. The molecule has 41 heavy (non-hydrogen) atoms. The van der Waals surface area contributed by atoms with Crippen LogP contribution in [0.5, 0.6) is 11.5 Å². The minimum absolute atomic E-state index is 0.394. The summed E-state index contributed by atoms with van der Waals surface area (Å²) in [5.74, 6) is 1.26. The second kappa shape index (κ2) is 10.2. The van der Waals surface area contributed by atoms with Gasteiger partial charge in [0.05, 0.1) is 18.8 Å². The van der Waals surface area contributed by atoms with E-state index in [1.165, 1.54) is 19.2 Å². The van der Waals surface area contributed by atoms with Gasteiger partial charge in [0.1, 0.15) is 35.1 Å². The molecule has 7 rings (SSSR count). The Morgan fingerprint density at radius 3 is 2.61 bits per heavy atom. The van der Waals surface area contributed by atoms with Gasteiger partial charge in [-0.25, -0.2) is 14.4 Å². The van der Waals surface area contributed by atoms with Gasteiger partial charge in [-0.05, 0) is 53.1 Å². The van der Waals surface area contributed by atoms with Crippen molar-refractivity contribution >= 4 is 22.1 Å². The van der Waals surface area contributed by atoms with E-state index >= 15 is 0 Å². The van der Waals surface area contributed by atoms with E-state index in [1.54, 1.807) is 24.7 Å². The monoisotopic (exact) mass is 542 g/mol. The van der Waals surface area contributed by atoms with Crippen molar-refractivity contribution in [2.45, 2.75) is 6.61 Å². The predicted molar refractivity (Wildman–Crippen MR) is 155 cm³/mol. The Balaban J connectivity index is 1.24. The van der Waals surface area contributed by atoms with Crippen LogP contribution < -0.4 is 9.47 Å². The topological polar surface area (TPSA) is 102 Å². The maximum Gasteiger partial charge on any atom is 0.160 e. The Kier molecular flexibility index (Phi) is 6.09. The van der Waals surface area contributed by atoms with Crippen molar-refractivity contribution < 1.29 is 13.9 Å². The lowest BCUT2D eigenvalue weighted by Crippen LogP contribution is -1.95. The molecular weight excluding hydrogens is 519 g/mol. The minimum atomic E-state index is -0.394. The highest BCUT2D eigenvalue weighted by molar-refractivity contribution is 5.97. The van der Waals surface area contributed by atoms with E-state index in [-0.39, 0.29) is 0 Å². The fourth-order valence-corrected chi connectivity index (χ4v) is 4.86. The highest BCUT2D eigenvalue weighted by Crippen LogP contribution is 2.34. The lowest BCUT2D eigenvalue weighted by Gasteiger charge is -2.08. The molecular formula is C32H23FN6O2. The highest BCUT2D eigenvalue weighted by Gasteiger charge is 2.17. The molecule has 8 nitrogen and oxygen atoms in total. The molecule has 9 heteroatoms. The smallest absolute Gasteiger partial charge is 0.160 e. The Labute approximate surface area is 233 Å². The summed E-state index contributed by atoms with van der Waals surface area (Å²) < 4.78 is 25.5. The summed E-state index contributed by atoms with van der Waals surface area (Å²) >= 11 is 0. The zero-order valence-electron chi connectivity index (χ0n) is 21.9. The first-order valence-electron chi connectivity index (χ1n) is 12.9. The first-order chi connectivity index (χ1) is 20.1. The molecule has 0 radical (unpaired) electrons. The number of benzene rings is 3. The van der Waals surface area contributed by atoms with E-state index in [2.05, 4.69) is 25.1 Å². The third-order valence-corrected chi connectivity index (χ3v) is 6.88. The second-order valence-corrected chi connectivity index (χ2v) is 9.54. The number of nitrogens with one attached hydrogen (secondary N) is 2. The van der Waals surface area contributed by atoms with Crippen LogP contribution in [0.3, 0.4) is 0 Å². The molecule has 0 atom stereocenters. The number of pyridine rings is 2. The standard InChI is InChI=1S/C32H23FN6O2/c1-40-24-12-21(11-23(33)15-24)26-9-10-35-31-29(26)36-32(37-31)30-27-14-20(7-8-28(27)38-39-30)22-13-25(17-34-16-22)41-18-19-5-3-2-4-6-19/h2-17H,18H2,1H3,(H,38,39)(H,35,36,37). The van der Waals surface area contributed by atoms with Gasteiger partial charge in [-0.15, -0.1) is 0 Å². The average molecular weight is 543 g/mol. The van der Waals surface area contributed by atoms with E-state index in [1.807, 2.05) is 60.7 Å². The van der Waals surface area contributed by atoms with Gasteiger partial charge >= 0.3 is 0 Å². The number of hydrogen-bond donors (Lipinski definition) is 2. The maximum absolute atomic E-state index is 14.3. The van der Waals surface area contributed by atoms with Crippen LogP contribution in [0.1, 0.15) is 5.56 Å². The van der Waals surface area contributed by atoms with Crippen LogP contribution in [0.25, 0.3) is 55.8 Å². The first kappa shape index (κ1) is 24.5. The van der Waals surface area contributed by atoms with Gasteiger partial charge in [0.15, 0.2) is 11.5 Å². The summed E-state index contributed by atoms with van der Waals surface area (Å²) in [6.45, 7) is 0.460. The number of H-pyrrole nitrogens is 2. The van der Waals surface area contributed by atoms with Gasteiger partial charge < -0.3 is 14.5 Å². The van der Waals surface area contributed by atoms with Crippen molar-refractivity contribution in [1.82, 2.24) is 30.1 Å². The van der Waals surface area contributed by atoms with Crippen LogP contribution in [-0.2, 0) is 6.61 Å². The Hall–Kier alpha value is -5.57. The molecule has 0 aliphatic heterocycles. The van der Waals surface area contributed by atoms with Gasteiger partial charge in [-0.1, -0.05) is 36.4 Å². The van der Waals surface area contributed by atoms with E-state index in [0.717, 1.165) is 33.2 Å². The van der Waals surface area contributed by atoms with Crippen molar-refractivity contribution in [2.75, 3.05) is 7.11 Å². The number of rotatable bonds is 7. The molecule has 0 saturated heterocycles. The van der Waals surface area contributed by atoms with Gasteiger partial charge in [0.25, 0.3) is 0 Å². The van der Waals surface area contributed by atoms with Crippen molar-refractivity contribution in [1.29, 1.82) is 0 Å². The molecule has 0 aliphatic carbocycles. The van der Waals surface area contributed by atoms with E-state index in [4.69, 9.17) is 14.5 Å². The minimum Gasteiger partial charge on any atom is -0.497 e. The van der Waals surface area contributed by atoms with Crippen LogP contribution in [0.15, 0.2) is 97.5 Å². The number of aromatic amines is 2. The second-order valence-electron chi connectivity index (χ2n) is 9.54. The van der Waals surface area contributed by atoms with Gasteiger partial charge in [0.2, 0.25) is 0 Å². The molecule has 2 N–H and O–H groups in total. The number of halogens is 1. The van der Waals surface area contributed by atoms with Gasteiger partial charge in [-0.3, -0.25) is 10.1 Å². The van der Waals surface area contributed by atoms with Crippen molar-refractivity contribution in [2.24, 2.45) is 0 Å². The molecule has 200 valence electrons. The number of imidazole rings is 1. The molecule has 4 heterocycles. The number of nitrogens with zero attached hydrogens (tertiary/aromatic N) is 4. The normalized spacial score (nSPS) is 11.3. The van der Waals surface area contributed by atoms with Crippen LogP contribution in [-0.4, -0.2) is 37.2 Å². The molecule has 0 fully saturated rings. The SMILES string of the molecule is COc1cc(F)cc(-c2ccnc3[nH]c(-c4n[nH]c5ccc(-c6cncc(OCc7ccccc7)c6)cc45)nc23)c1. The number of methoxy groups -OCH3 is 1. The number of fused-ring (bicyclic) bond motifs is 2. The lowest BCUT2D eigenvalue weighted by molar-refractivity contribution is 0.305. The highest BCUT2D eigenvalue weighted by atomic mass is 19.1. The van der Waals surface area contributed by atoms with E-state index in [9.17, 15) is 4.39 Å². The summed E-state index contributed by atoms with van der Waals surface area (Å²) in [4.78, 5) is 17.0. The van der Waals surface area contributed by atoms with Crippen molar-refractivity contribution in [3.8, 4) is 45.3 Å². The van der Waals surface area contributed by atoms with Crippen LogP contribution in [0.4, 0.5) is 4.39 Å². The summed E-state index contributed by atoms with van der Waals surface area (Å²) in [6, 6.07) is 24.4. The Bertz CT molecular complexity index is 2020.